The van der Waals surface area contributed by atoms with Crippen LogP contribution >= 0.6 is 22.6 Å². The SMILES string of the molecule is Cc1onc(-c2ccc(I)cc2)c1C. The molecule has 0 aliphatic heterocycles. The van der Waals surface area contributed by atoms with Crippen LogP contribution in [-0.4, -0.2) is 5.16 Å². The molecule has 14 heavy (non-hydrogen) atoms. The van der Waals surface area contributed by atoms with E-state index in [0.717, 1.165) is 22.6 Å². The van der Waals surface area contributed by atoms with Crippen LogP contribution in [0.2, 0.25) is 0 Å². The first kappa shape index (κ1) is 9.71. The molecule has 2 aromatic rings. The summed E-state index contributed by atoms with van der Waals surface area (Å²) in [5.74, 6) is 0.888. The molecule has 72 valence electrons. The van der Waals surface area contributed by atoms with Gasteiger partial charge in [-0.15, -0.1) is 0 Å². The number of nitrogens with zero attached hydrogens (tertiary/aromatic N) is 1. The van der Waals surface area contributed by atoms with Gasteiger partial charge in [0.25, 0.3) is 0 Å². The molecule has 1 heterocycles. The van der Waals surface area contributed by atoms with Crippen molar-refractivity contribution in [2.75, 3.05) is 0 Å². The van der Waals surface area contributed by atoms with Crippen molar-refractivity contribution in [2.45, 2.75) is 13.8 Å². The second kappa shape index (κ2) is 3.73. The molecule has 0 saturated heterocycles. The van der Waals surface area contributed by atoms with E-state index in [1.165, 1.54) is 3.57 Å². The van der Waals surface area contributed by atoms with Crippen molar-refractivity contribution in [3.63, 3.8) is 0 Å². The maximum atomic E-state index is 5.13. The molecule has 0 N–H and O–H groups in total. The minimum atomic E-state index is 0.888. The number of aromatic nitrogens is 1. The molecule has 0 aliphatic carbocycles. The van der Waals surface area contributed by atoms with Gasteiger partial charge < -0.3 is 4.52 Å². The molecule has 0 atom stereocenters. The van der Waals surface area contributed by atoms with E-state index in [-0.39, 0.29) is 0 Å². The van der Waals surface area contributed by atoms with E-state index in [4.69, 9.17) is 4.52 Å². The van der Waals surface area contributed by atoms with Crippen molar-refractivity contribution in [3.05, 3.63) is 39.2 Å². The Kier molecular flexibility index (Phi) is 2.58. The number of aryl methyl sites for hydroxylation is 1. The third-order valence-electron chi connectivity index (χ3n) is 2.27. The van der Waals surface area contributed by atoms with Crippen molar-refractivity contribution in [3.8, 4) is 11.3 Å². The van der Waals surface area contributed by atoms with E-state index in [9.17, 15) is 0 Å². The molecule has 1 aromatic heterocycles. The van der Waals surface area contributed by atoms with E-state index in [2.05, 4.69) is 52.0 Å². The molecule has 1 aromatic carbocycles. The van der Waals surface area contributed by atoms with Gasteiger partial charge in [0, 0.05) is 14.7 Å². The van der Waals surface area contributed by atoms with Crippen molar-refractivity contribution < 1.29 is 4.52 Å². The third kappa shape index (κ3) is 1.68. The number of benzene rings is 1. The van der Waals surface area contributed by atoms with E-state index >= 15 is 0 Å². The molecule has 0 fully saturated rings. The Labute approximate surface area is 96.4 Å². The van der Waals surface area contributed by atoms with Gasteiger partial charge in [-0.2, -0.15) is 0 Å². The van der Waals surface area contributed by atoms with Crippen LogP contribution in [0.25, 0.3) is 11.3 Å². The lowest BCUT2D eigenvalue weighted by Crippen LogP contribution is -1.81. The summed E-state index contributed by atoms with van der Waals surface area (Å²) in [7, 11) is 0. The van der Waals surface area contributed by atoms with Gasteiger partial charge in [-0.05, 0) is 48.6 Å². The van der Waals surface area contributed by atoms with Crippen LogP contribution in [-0.2, 0) is 0 Å². The highest BCUT2D eigenvalue weighted by Gasteiger charge is 2.09. The van der Waals surface area contributed by atoms with E-state index in [1.54, 1.807) is 0 Å². The van der Waals surface area contributed by atoms with Crippen LogP contribution in [0, 0.1) is 17.4 Å². The predicted octanol–water partition coefficient (Wildman–Crippen LogP) is 3.56. The minimum Gasteiger partial charge on any atom is -0.361 e. The Hall–Kier alpha value is -0.840. The number of halogens is 1. The Morgan fingerprint density at radius 2 is 1.79 bits per heavy atom. The lowest BCUT2D eigenvalue weighted by atomic mass is 10.1. The number of hydrogen-bond donors (Lipinski definition) is 0. The summed E-state index contributed by atoms with van der Waals surface area (Å²) in [4.78, 5) is 0. The molecular formula is C11H10INO. The Balaban J connectivity index is 2.49. The van der Waals surface area contributed by atoms with Crippen molar-refractivity contribution in [1.29, 1.82) is 0 Å². The summed E-state index contributed by atoms with van der Waals surface area (Å²) in [6.07, 6.45) is 0. The highest BCUT2D eigenvalue weighted by molar-refractivity contribution is 14.1. The van der Waals surface area contributed by atoms with Crippen LogP contribution in [0.1, 0.15) is 11.3 Å². The van der Waals surface area contributed by atoms with Crippen LogP contribution < -0.4 is 0 Å². The molecule has 2 nitrogen and oxygen atoms in total. The first-order valence-corrected chi connectivity index (χ1v) is 5.45. The summed E-state index contributed by atoms with van der Waals surface area (Å²) in [6.45, 7) is 3.96. The monoisotopic (exact) mass is 299 g/mol. The molecule has 0 spiro atoms. The topological polar surface area (TPSA) is 26.0 Å². The van der Waals surface area contributed by atoms with Gasteiger partial charge >= 0.3 is 0 Å². The normalized spacial score (nSPS) is 10.5. The average Bonchev–Trinajstić information content (AvgIpc) is 2.50. The molecule has 0 saturated carbocycles. The van der Waals surface area contributed by atoms with Gasteiger partial charge in [0.15, 0.2) is 0 Å². The zero-order valence-electron chi connectivity index (χ0n) is 8.04. The number of hydrogen-bond acceptors (Lipinski definition) is 2. The maximum absolute atomic E-state index is 5.13. The van der Waals surface area contributed by atoms with Crippen LogP contribution in [0.5, 0.6) is 0 Å². The minimum absolute atomic E-state index is 0.888. The molecule has 0 unspecified atom stereocenters. The van der Waals surface area contributed by atoms with E-state index in [0.29, 0.717) is 0 Å². The van der Waals surface area contributed by atoms with Crippen LogP contribution in [0.3, 0.4) is 0 Å². The zero-order chi connectivity index (χ0) is 10.1. The second-order valence-electron chi connectivity index (χ2n) is 3.22. The van der Waals surface area contributed by atoms with Gasteiger partial charge in [-0.25, -0.2) is 0 Å². The summed E-state index contributed by atoms with van der Waals surface area (Å²) >= 11 is 2.29. The van der Waals surface area contributed by atoms with Crippen molar-refractivity contribution in [1.82, 2.24) is 5.16 Å². The largest absolute Gasteiger partial charge is 0.361 e. The molecule has 2 rings (SSSR count). The highest BCUT2D eigenvalue weighted by atomic mass is 127. The van der Waals surface area contributed by atoms with Crippen molar-refractivity contribution >= 4 is 22.6 Å². The summed E-state index contributed by atoms with van der Waals surface area (Å²) in [6, 6.07) is 8.26. The standard InChI is InChI=1S/C11H10INO/c1-7-8(2)14-13-11(7)9-3-5-10(12)6-4-9/h3-6H,1-2H3. The lowest BCUT2D eigenvalue weighted by molar-refractivity contribution is 0.398. The van der Waals surface area contributed by atoms with Gasteiger partial charge in [0.05, 0.1) is 0 Å². The predicted molar refractivity (Wildman–Crippen MR) is 64.1 cm³/mol. The average molecular weight is 299 g/mol. The molecule has 0 bridgehead atoms. The highest BCUT2D eigenvalue weighted by Crippen LogP contribution is 2.24. The van der Waals surface area contributed by atoms with Crippen LogP contribution in [0.15, 0.2) is 28.8 Å². The second-order valence-corrected chi connectivity index (χ2v) is 4.46. The van der Waals surface area contributed by atoms with Gasteiger partial charge in [0.2, 0.25) is 0 Å². The van der Waals surface area contributed by atoms with Gasteiger partial charge in [-0.3, -0.25) is 0 Å². The fourth-order valence-electron chi connectivity index (χ4n) is 1.29. The first-order chi connectivity index (χ1) is 6.68. The van der Waals surface area contributed by atoms with E-state index < -0.39 is 0 Å². The Morgan fingerprint density at radius 3 is 2.29 bits per heavy atom. The quantitative estimate of drug-likeness (QED) is 0.752. The summed E-state index contributed by atoms with van der Waals surface area (Å²) in [5, 5.41) is 4.04. The van der Waals surface area contributed by atoms with Gasteiger partial charge in [-0.1, -0.05) is 17.3 Å². The molecule has 3 heteroatoms. The molecular weight excluding hydrogens is 289 g/mol. The fraction of sp³-hybridized carbons (Fsp3) is 0.182. The zero-order valence-corrected chi connectivity index (χ0v) is 10.2. The van der Waals surface area contributed by atoms with Crippen molar-refractivity contribution in [2.24, 2.45) is 0 Å². The van der Waals surface area contributed by atoms with Gasteiger partial charge in [0.1, 0.15) is 11.5 Å². The van der Waals surface area contributed by atoms with E-state index in [1.807, 2.05) is 13.8 Å². The smallest absolute Gasteiger partial charge is 0.137 e. The molecule has 0 aliphatic rings. The Bertz CT molecular complexity index is 445. The molecule has 0 radical (unpaired) electrons. The lowest BCUT2D eigenvalue weighted by Gasteiger charge is -1.97. The Morgan fingerprint density at radius 1 is 1.14 bits per heavy atom. The fourth-order valence-corrected chi connectivity index (χ4v) is 1.65. The van der Waals surface area contributed by atoms with Crippen LogP contribution in [0.4, 0.5) is 0 Å². The molecule has 0 amide bonds. The first-order valence-electron chi connectivity index (χ1n) is 4.37. The third-order valence-corrected chi connectivity index (χ3v) is 2.99. The number of rotatable bonds is 1. The summed E-state index contributed by atoms with van der Waals surface area (Å²) in [5.41, 5.74) is 3.17. The summed E-state index contributed by atoms with van der Waals surface area (Å²) < 4.78 is 6.35. The maximum Gasteiger partial charge on any atom is 0.137 e.